The van der Waals surface area contributed by atoms with E-state index in [1.165, 1.54) is 7.11 Å². The number of ether oxygens (including phenoxy) is 1. The number of rotatable bonds is 7. The molecule has 110 valence electrons. The lowest BCUT2D eigenvalue weighted by atomic mass is 10.00. The van der Waals surface area contributed by atoms with Gasteiger partial charge in [-0.2, -0.15) is 0 Å². The van der Waals surface area contributed by atoms with E-state index in [0.717, 1.165) is 5.56 Å². The van der Waals surface area contributed by atoms with E-state index in [2.05, 4.69) is 5.32 Å². The number of halogens is 1. The van der Waals surface area contributed by atoms with E-state index in [4.69, 9.17) is 21.4 Å². The summed E-state index contributed by atoms with van der Waals surface area (Å²) in [6.07, 6.45) is 0.449. The third-order valence-electron chi connectivity index (χ3n) is 2.88. The number of benzene rings is 1. The van der Waals surface area contributed by atoms with Crippen molar-refractivity contribution >= 4 is 23.5 Å². The molecule has 0 aliphatic carbocycles. The van der Waals surface area contributed by atoms with Gasteiger partial charge in [-0.25, -0.2) is 4.79 Å². The van der Waals surface area contributed by atoms with Gasteiger partial charge in [0.05, 0.1) is 6.61 Å². The van der Waals surface area contributed by atoms with Crippen LogP contribution in [0.5, 0.6) is 0 Å². The molecule has 6 heteroatoms. The Morgan fingerprint density at radius 3 is 2.60 bits per heavy atom. The number of hydrogen-bond acceptors (Lipinski definition) is 3. The van der Waals surface area contributed by atoms with E-state index in [9.17, 15) is 9.59 Å². The van der Waals surface area contributed by atoms with Crippen molar-refractivity contribution in [3.8, 4) is 0 Å². The monoisotopic (exact) mass is 299 g/mol. The fraction of sp³-hybridized carbons (Fsp3) is 0.429. The van der Waals surface area contributed by atoms with E-state index in [-0.39, 0.29) is 18.4 Å². The Morgan fingerprint density at radius 1 is 1.40 bits per heavy atom. The Kier molecular flexibility index (Phi) is 6.48. The van der Waals surface area contributed by atoms with Crippen LogP contribution in [0.2, 0.25) is 5.02 Å². The average molecular weight is 300 g/mol. The number of carboxylic acid groups (broad SMARTS) is 1. The number of carboxylic acids is 1. The Labute approximate surface area is 122 Å². The second-order valence-corrected chi connectivity index (χ2v) is 4.96. The van der Waals surface area contributed by atoms with Crippen LogP contribution < -0.4 is 5.32 Å². The van der Waals surface area contributed by atoms with Crippen LogP contribution in [0.3, 0.4) is 0 Å². The second kappa shape index (κ2) is 7.87. The molecule has 1 aromatic carbocycles. The van der Waals surface area contributed by atoms with Crippen LogP contribution >= 0.6 is 11.6 Å². The highest BCUT2D eigenvalue weighted by molar-refractivity contribution is 6.31. The Hall–Kier alpha value is -1.59. The van der Waals surface area contributed by atoms with Crippen molar-refractivity contribution in [3.63, 3.8) is 0 Å². The summed E-state index contributed by atoms with van der Waals surface area (Å²) in [5, 5.41) is 12.0. The van der Waals surface area contributed by atoms with E-state index in [0.29, 0.717) is 11.4 Å². The molecule has 0 spiro atoms. The maximum Gasteiger partial charge on any atom is 0.328 e. The van der Waals surface area contributed by atoms with Crippen molar-refractivity contribution in [1.29, 1.82) is 0 Å². The fourth-order valence-electron chi connectivity index (χ4n) is 1.74. The van der Waals surface area contributed by atoms with Gasteiger partial charge < -0.3 is 15.2 Å². The molecule has 1 rings (SSSR count). The highest BCUT2D eigenvalue weighted by Gasteiger charge is 2.23. The molecule has 2 unspecified atom stereocenters. The van der Waals surface area contributed by atoms with Crippen molar-refractivity contribution in [3.05, 3.63) is 34.9 Å². The summed E-state index contributed by atoms with van der Waals surface area (Å²) in [6, 6.07) is 6.22. The minimum atomic E-state index is -1.12. The summed E-state index contributed by atoms with van der Waals surface area (Å²) in [5.74, 6) is -1.84. The second-order valence-electron chi connectivity index (χ2n) is 4.55. The first-order chi connectivity index (χ1) is 9.45. The quantitative estimate of drug-likeness (QED) is 0.804. The third kappa shape index (κ3) is 4.83. The molecule has 1 amide bonds. The summed E-state index contributed by atoms with van der Waals surface area (Å²) in [6.45, 7) is 1.66. The molecule has 5 nitrogen and oxygen atoms in total. The maximum atomic E-state index is 12.0. The molecule has 20 heavy (non-hydrogen) atoms. The van der Waals surface area contributed by atoms with Crippen LogP contribution in [0.15, 0.2) is 24.3 Å². The number of carbonyl (C=O) groups is 2. The summed E-state index contributed by atoms with van der Waals surface area (Å²) in [4.78, 5) is 22.9. The molecule has 0 bridgehead atoms. The SMILES string of the molecule is COCC(NC(=O)C(C)Cc1ccccc1Cl)C(=O)O. The molecule has 0 aliphatic heterocycles. The average Bonchev–Trinajstić information content (AvgIpc) is 2.40. The Balaban J connectivity index is 2.63. The van der Waals surface area contributed by atoms with Crippen LogP contribution in [0.25, 0.3) is 0 Å². The number of methoxy groups -OCH3 is 1. The molecule has 1 aromatic rings. The topological polar surface area (TPSA) is 75.6 Å². The van der Waals surface area contributed by atoms with Crippen molar-refractivity contribution in [1.82, 2.24) is 5.32 Å². The van der Waals surface area contributed by atoms with E-state index >= 15 is 0 Å². The molecule has 2 atom stereocenters. The zero-order valence-corrected chi connectivity index (χ0v) is 12.2. The van der Waals surface area contributed by atoms with Crippen LogP contribution in [0, 0.1) is 5.92 Å². The predicted octanol–water partition coefficient (Wildman–Crippen LogP) is 1.73. The third-order valence-corrected chi connectivity index (χ3v) is 3.25. The maximum absolute atomic E-state index is 12.0. The van der Waals surface area contributed by atoms with E-state index < -0.39 is 12.0 Å². The highest BCUT2D eigenvalue weighted by atomic mass is 35.5. The van der Waals surface area contributed by atoms with Gasteiger partial charge in [0, 0.05) is 18.1 Å². The van der Waals surface area contributed by atoms with E-state index in [1.807, 2.05) is 18.2 Å². The Morgan fingerprint density at radius 2 is 2.05 bits per heavy atom. The van der Waals surface area contributed by atoms with Gasteiger partial charge in [0.25, 0.3) is 0 Å². The molecule has 2 N–H and O–H groups in total. The molecular weight excluding hydrogens is 282 g/mol. The lowest BCUT2D eigenvalue weighted by Gasteiger charge is -2.17. The number of nitrogens with one attached hydrogen (secondary N) is 1. The number of amides is 1. The normalized spacial score (nSPS) is 13.6. The zero-order valence-electron chi connectivity index (χ0n) is 11.4. The van der Waals surface area contributed by atoms with Crippen molar-refractivity contribution in [2.75, 3.05) is 13.7 Å². The smallest absolute Gasteiger partial charge is 0.328 e. The number of aliphatic carboxylic acids is 1. The van der Waals surface area contributed by atoms with Crippen LogP contribution in [0.1, 0.15) is 12.5 Å². The van der Waals surface area contributed by atoms with Gasteiger partial charge in [0.15, 0.2) is 6.04 Å². The standard InChI is InChI=1S/C14H18ClNO4/c1-9(7-10-5-3-4-6-11(10)15)13(17)16-12(8-20-2)14(18)19/h3-6,9,12H,7-8H2,1-2H3,(H,16,17)(H,18,19). The van der Waals surface area contributed by atoms with Gasteiger partial charge in [0.1, 0.15) is 0 Å². The zero-order chi connectivity index (χ0) is 15.1. The first kappa shape index (κ1) is 16.5. The largest absolute Gasteiger partial charge is 0.480 e. The van der Waals surface area contributed by atoms with Crippen LogP contribution in [-0.4, -0.2) is 36.7 Å². The van der Waals surface area contributed by atoms with E-state index in [1.54, 1.807) is 13.0 Å². The van der Waals surface area contributed by atoms with Crippen LogP contribution in [0.4, 0.5) is 0 Å². The van der Waals surface area contributed by atoms with Crippen molar-refractivity contribution in [2.45, 2.75) is 19.4 Å². The van der Waals surface area contributed by atoms with Gasteiger partial charge in [-0.05, 0) is 18.1 Å². The minimum Gasteiger partial charge on any atom is -0.480 e. The number of carbonyl (C=O) groups excluding carboxylic acids is 1. The highest BCUT2D eigenvalue weighted by Crippen LogP contribution is 2.18. The van der Waals surface area contributed by atoms with Crippen molar-refractivity contribution in [2.24, 2.45) is 5.92 Å². The predicted molar refractivity (Wildman–Crippen MR) is 75.8 cm³/mol. The molecular formula is C14H18ClNO4. The fourth-order valence-corrected chi connectivity index (χ4v) is 1.95. The lowest BCUT2D eigenvalue weighted by molar-refractivity contribution is -0.143. The first-order valence-corrected chi connectivity index (χ1v) is 6.59. The molecule has 0 saturated carbocycles. The first-order valence-electron chi connectivity index (χ1n) is 6.21. The van der Waals surface area contributed by atoms with Gasteiger partial charge in [0.2, 0.25) is 5.91 Å². The summed E-state index contributed by atoms with van der Waals surface area (Å²) < 4.78 is 4.77. The number of hydrogen-bond donors (Lipinski definition) is 2. The molecule has 0 aliphatic rings. The molecule has 0 fully saturated rings. The van der Waals surface area contributed by atoms with Crippen LogP contribution in [-0.2, 0) is 20.7 Å². The summed E-state index contributed by atoms with van der Waals surface area (Å²) in [5.41, 5.74) is 0.857. The van der Waals surface area contributed by atoms with Gasteiger partial charge >= 0.3 is 5.97 Å². The van der Waals surface area contributed by atoms with Gasteiger partial charge in [-0.3, -0.25) is 4.79 Å². The summed E-state index contributed by atoms with van der Waals surface area (Å²) in [7, 11) is 1.38. The molecule has 0 radical (unpaired) electrons. The minimum absolute atomic E-state index is 0.0696. The Bertz CT molecular complexity index is 478. The lowest BCUT2D eigenvalue weighted by Crippen LogP contribution is -2.46. The summed E-state index contributed by atoms with van der Waals surface area (Å²) >= 11 is 6.03. The molecule has 0 aromatic heterocycles. The molecule has 0 heterocycles. The molecule has 0 saturated heterocycles. The van der Waals surface area contributed by atoms with Gasteiger partial charge in [-0.15, -0.1) is 0 Å². The van der Waals surface area contributed by atoms with Crippen molar-refractivity contribution < 1.29 is 19.4 Å². The van der Waals surface area contributed by atoms with Gasteiger partial charge in [-0.1, -0.05) is 36.7 Å².